The minimum atomic E-state index is -0.955. The van der Waals surface area contributed by atoms with E-state index in [1.807, 2.05) is 6.92 Å². The molecule has 0 bridgehead atoms. The summed E-state index contributed by atoms with van der Waals surface area (Å²) in [5.74, 6) is -0.171. The Morgan fingerprint density at radius 1 is 1.20 bits per heavy atom. The second-order valence-electron chi connectivity index (χ2n) is 5.78. The summed E-state index contributed by atoms with van der Waals surface area (Å²) in [5.41, 5.74) is 0. The van der Waals surface area contributed by atoms with E-state index in [4.69, 9.17) is 5.11 Å². The molecule has 5 nitrogen and oxygen atoms in total. The van der Waals surface area contributed by atoms with Crippen LogP contribution in [0.1, 0.15) is 65.2 Å². The number of unbranched alkanes of at least 4 members (excludes halogenated alkanes) is 1. The van der Waals surface area contributed by atoms with Gasteiger partial charge in [-0.2, -0.15) is 0 Å². The van der Waals surface area contributed by atoms with Crippen LogP contribution < -0.4 is 10.6 Å². The molecule has 3 N–H and O–H groups in total. The Bertz CT molecular complexity index is 312. The van der Waals surface area contributed by atoms with Crippen LogP contribution in [0.25, 0.3) is 0 Å². The summed E-state index contributed by atoms with van der Waals surface area (Å²) in [7, 11) is 0. The van der Waals surface area contributed by atoms with Crippen LogP contribution in [0.4, 0.5) is 4.79 Å². The van der Waals surface area contributed by atoms with E-state index >= 15 is 0 Å². The number of carbonyl (C=O) groups is 2. The van der Waals surface area contributed by atoms with Gasteiger partial charge in [-0.05, 0) is 38.0 Å². The van der Waals surface area contributed by atoms with Gasteiger partial charge in [-0.15, -0.1) is 0 Å². The van der Waals surface area contributed by atoms with Gasteiger partial charge < -0.3 is 15.7 Å². The molecule has 1 saturated carbocycles. The van der Waals surface area contributed by atoms with Crippen LogP contribution >= 0.6 is 0 Å². The van der Waals surface area contributed by atoms with Crippen LogP contribution in [0.5, 0.6) is 0 Å². The summed E-state index contributed by atoms with van der Waals surface area (Å²) in [6.45, 7) is 4.21. The Kier molecular flexibility index (Phi) is 7.41. The normalized spacial score (nSPS) is 23.9. The molecule has 1 atom stereocenters. The second kappa shape index (κ2) is 8.82. The maximum absolute atomic E-state index is 11.9. The van der Waals surface area contributed by atoms with Crippen LogP contribution in [-0.4, -0.2) is 29.2 Å². The number of carboxylic acids is 1. The maximum Gasteiger partial charge on any atom is 0.326 e. The van der Waals surface area contributed by atoms with Gasteiger partial charge in [0, 0.05) is 6.04 Å². The van der Waals surface area contributed by atoms with Crippen molar-refractivity contribution in [3.05, 3.63) is 0 Å². The first-order valence-electron chi connectivity index (χ1n) is 7.86. The number of nitrogens with one attached hydrogen (secondary N) is 2. The zero-order valence-corrected chi connectivity index (χ0v) is 12.7. The molecule has 1 aliphatic rings. The Morgan fingerprint density at radius 3 is 2.35 bits per heavy atom. The molecule has 0 aromatic rings. The number of rotatable bonds is 7. The molecule has 5 heteroatoms. The third-order valence-corrected chi connectivity index (χ3v) is 4.21. The Morgan fingerprint density at radius 2 is 1.85 bits per heavy atom. The number of amides is 2. The van der Waals surface area contributed by atoms with Crippen LogP contribution in [0, 0.1) is 5.92 Å². The van der Waals surface area contributed by atoms with Crippen molar-refractivity contribution in [2.24, 2.45) is 5.92 Å². The molecule has 1 rings (SSSR count). The van der Waals surface area contributed by atoms with Gasteiger partial charge in [0.1, 0.15) is 6.04 Å². The molecule has 0 spiro atoms. The number of carboxylic acid groups (broad SMARTS) is 1. The van der Waals surface area contributed by atoms with Crippen molar-refractivity contribution in [2.45, 2.75) is 77.3 Å². The van der Waals surface area contributed by atoms with Crippen LogP contribution in [0.2, 0.25) is 0 Å². The largest absolute Gasteiger partial charge is 0.480 e. The predicted molar refractivity (Wildman–Crippen MR) is 78.7 cm³/mol. The van der Waals surface area contributed by atoms with Gasteiger partial charge in [-0.25, -0.2) is 9.59 Å². The Balaban J connectivity index is 2.32. The monoisotopic (exact) mass is 284 g/mol. The lowest BCUT2D eigenvalue weighted by atomic mass is 9.85. The fourth-order valence-electron chi connectivity index (χ4n) is 2.77. The highest BCUT2D eigenvalue weighted by Gasteiger charge is 2.23. The third kappa shape index (κ3) is 5.80. The van der Waals surface area contributed by atoms with Crippen molar-refractivity contribution in [3.8, 4) is 0 Å². The summed E-state index contributed by atoms with van der Waals surface area (Å²) in [4.78, 5) is 22.9. The minimum Gasteiger partial charge on any atom is -0.480 e. The van der Waals surface area contributed by atoms with Crippen molar-refractivity contribution in [3.63, 3.8) is 0 Å². The van der Waals surface area contributed by atoms with Crippen LogP contribution in [0.3, 0.4) is 0 Å². The number of carbonyl (C=O) groups excluding carboxylic acids is 1. The highest BCUT2D eigenvalue weighted by molar-refractivity contribution is 5.82. The average Bonchev–Trinajstić information content (AvgIpc) is 2.44. The molecule has 0 heterocycles. The van der Waals surface area contributed by atoms with Crippen molar-refractivity contribution in [1.29, 1.82) is 0 Å². The van der Waals surface area contributed by atoms with Crippen LogP contribution in [-0.2, 0) is 4.79 Å². The first-order valence-corrected chi connectivity index (χ1v) is 7.86. The molecule has 0 aromatic carbocycles. The molecule has 116 valence electrons. The van der Waals surface area contributed by atoms with E-state index in [1.165, 1.54) is 6.42 Å². The standard InChI is InChI=1S/C15H28N2O3/c1-3-5-6-13(14(18)19)17-15(20)16-12-9-7-11(4-2)8-10-12/h11-13H,3-10H2,1-2H3,(H,18,19)(H2,16,17,20)/t11?,12?,13-/m0/s1. The summed E-state index contributed by atoms with van der Waals surface area (Å²) < 4.78 is 0. The number of urea groups is 1. The molecule has 1 fully saturated rings. The van der Waals surface area contributed by atoms with E-state index in [-0.39, 0.29) is 12.1 Å². The molecular formula is C15H28N2O3. The predicted octanol–water partition coefficient (Wildman–Crippen LogP) is 2.90. The molecule has 0 aromatic heterocycles. The maximum atomic E-state index is 11.9. The molecule has 20 heavy (non-hydrogen) atoms. The zero-order chi connectivity index (χ0) is 15.0. The van der Waals surface area contributed by atoms with Gasteiger partial charge in [-0.1, -0.05) is 33.1 Å². The lowest BCUT2D eigenvalue weighted by molar-refractivity contribution is -0.139. The fourth-order valence-corrected chi connectivity index (χ4v) is 2.77. The molecule has 0 saturated heterocycles. The first-order chi connectivity index (χ1) is 9.56. The molecule has 2 amide bonds. The summed E-state index contributed by atoms with van der Waals surface area (Å²) in [6, 6.07) is -0.922. The van der Waals surface area contributed by atoms with Crippen molar-refractivity contribution in [1.82, 2.24) is 10.6 Å². The molecule has 0 radical (unpaired) electrons. The molecule has 1 aliphatic carbocycles. The summed E-state index contributed by atoms with van der Waals surface area (Å²) in [6.07, 6.45) is 7.72. The summed E-state index contributed by atoms with van der Waals surface area (Å²) in [5, 5.41) is 14.6. The lowest BCUT2D eigenvalue weighted by Gasteiger charge is -2.28. The third-order valence-electron chi connectivity index (χ3n) is 4.21. The molecular weight excluding hydrogens is 256 g/mol. The minimum absolute atomic E-state index is 0.193. The van der Waals surface area contributed by atoms with E-state index in [2.05, 4.69) is 17.6 Å². The number of hydrogen-bond acceptors (Lipinski definition) is 2. The van der Waals surface area contributed by atoms with Gasteiger partial charge in [0.25, 0.3) is 0 Å². The first kappa shape index (κ1) is 16.8. The van der Waals surface area contributed by atoms with Crippen molar-refractivity contribution < 1.29 is 14.7 Å². The van der Waals surface area contributed by atoms with Gasteiger partial charge in [-0.3, -0.25) is 0 Å². The SMILES string of the molecule is CCCC[C@H](NC(=O)NC1CCC(CC)CC1)C(=O)O. The second-order valence-corrected chi connectivity index (χ2v) is 5.78. The van der Waals surface area contributed by atoms with Crippen LogP contribution in [0.15, 0.2) is 0 Å². The van der Waals surface area contributed by atoms with E-state index in [9.17, 15) is 9.59 Å². The average molecular weight is 284 g/mol. The zero-order valence-electron chi connectivity index (χ0n) is 12.7. The highest BCUT2D eigenvalue weighted by Crippen LogP contribution is 2.26. The quantitative estimate of drug-likeness (QED) is 0.672. The van der Waals surface area contributed by atoms with Crippen molar-refractivity contribution in [2.75, 3.05) is 0 Å². The van der Waals surface area contributed by atoms with E-state index < -0.39 is 12.0 Å². The lowest BCUT2D eigenvalue weighted by Crippen LogP contribution is -2.49. The van der Waals surface area contributed by atoms with E-state index in [1.54, 1.807) is 0 Å². The smallest absolute Gasteiger partial charge is 0.326 e. The number of hydrogen-bond donors (Lipinski definition) is 3. The van der Waals surface area contributed by atoms with Gasteiger partial charge >= 0.3 is 12.0 Å². The highest BCUT2D eigenvalue weighted by atomic mass is 16.4. The van der Waals surface area contributed by atoms with Gasteiger partial charge in [0.2, 0.25) is 0 Å². The van der Waals surface area contributed by atoms with Gasteiger partial charge in [0.05, 0.1) is 0 Å². The van der Waals surface area contributed by atoms with Crippen molar-refractivity contribution >= 4 is 12.0 Å². The Hall–Kier alpha value is -1.26. The summed E-state index contributed by atoms with van der Waals surface area (Å²) >= 11 is 0. The van der Waals surface area contributed by atoms with E-state index in [0.29, 0.717) is 6.42 Å². The van der Waals surface area contributed by atoms with E-state index in [0.717, 1.165) is 44.4 Å². The fraction of sp³-hybridized carbons (Fsp3) is 0.867. The Labute approximate surface area is 121 Å². The molecule has 0 aliphatic heterocycles. The molecule has 0 unspecified atom stereocenters. The topological polar surface area (TPSA) is 78.4 Å². The van der Waals surface area contributed by atoms with Gasteiger partial charge in [0.15, 0.2) is 0 Å². The number of aliphatic carboxylic acids is 1.